The first-order valence-corrected chi connectivity index (χ1v) is 11.1. The molecular formula is C23H29N5O5. The zero-order chi connectivity index (χ0) is 23.2. The summed E-state index contributed by atoms with van der Waals surface area (Å²) in [5.74, 6) is 0.293. The third-order valence-corrected chi connectivity index (χ3v) is 5.88. The van der Waals surface area contributed by atoms with Gasteiger partial charge in [-0.25, -0.2) is 9.78 Å². The van der Waals surface area contributed by atoms with Crippen molar-refractivity contribution in [3.8, 4) is 0 Å². The smallest absolute Gasteiger partial charge is 0.410 e. The van der Waals surface area contributed by atoms with Gasteiger partial charge in [0, 0.05) is 45.5 Å². The van der Waals surface area contributed by atoms with E-state index in [0.29, 0.717) is 44.2 Å². The Kier molecular flexibility index (Phi) is 7.23. The fraction of sp³-hybridized carbons (Fsp3) is 0.478. The molecule has 2 aliphatic rings. The van der Waals surface area contributed by atoms with Gasteiger partial charge in [-0.1, -0.05) is 30.3 Å². The van der Waals surface area contributed by atoms with Crippen LogP contribution in [-0.2, 0) is 34.0 Å². The van der Waals surface area contributed by atoms with Crippen molar-refractivity contribution in [1.82, 2.24) is 24.7 Å². The molecule has 1 saturated heterocycles. The summed E-state index contributed by atoms with van der Waals surface area (Å²) in [6.07, 6.45) is 2.90. The molecule has 1 aromatic carbocycles. The highest BCUT2D eigenvalue weighted by Crippen LogP contribution is 2.16. The van der Waals surface area contributed by atoms with E-state index in [-0.39, 0.29) is 37.2 Å². The maximum Gasteiger partial charge on any atom is 0.410 e. The number of hydrogen-bond donors (Lipinski definition) is 1. The Morgan fingerprint density at radius 3 is 2.73 bits per heavy atom. The van der Waals surface area contributed by atoms with Crippen molar-refractivity contribution in [2.45, 2.75) is 38.6 Å². The van der Waals surface area contributed by atoms with Crippen molar-refractivity contribution in [3.63, 3.8) is 0 Å². The summed E-state index contributed by atoms with van der Waals surface area (Å²) in [5.41, 5.74) is 1.24. The molecule has 1 unspecified atom stereocenters. The van der Waals surface area contributed by atoms with Gasteiger partial charge in [0.2, 0.25) is 5.91 Å². The molecule has 3 amide bonds. The molecule has 0 saturated carbocycles. The SMILES string of the molecule is COCC(=O)N1CCn2cc(C(=O)NC3CCCN(C(=O)OCc4ccccc4)C3)nc2C1. The topological polar surface area (TPSA) is 106 Å². The van der Waals surface area contributed by atoms with E-state index in [9.17, 15) is 14.4 Å². The van der Waals surface area contributed by atoms with Crippen molar-refractivity contribution in [2.75, 3.05) is 33.4 Å². The highest BCUT2D eigenvalue weighted by Gasteiger charge is 2.28. The number of fused-ring (bicyclic) bond motifs is 1. The van der Waals surface area contributed by atoms with Crippen LogP contribution in [0.3, 0.4) is 0 Å². The summed E-state index contributed by atoms with van der Waals surface area (Å²) in [7, 11) is 1.49. The van der Waals surface area contributed by atoms with Gasteiger partial charge in [0.05, 0.1) is 6.54 Å². The van der Waals surface area contributed by atoms with Gasteiger partial charge in [-0.15, -0.1) is 0 Å². The summed E-state index contributed by atoms with van der Waals surface area (Å²) in [6, 6.07) is 9.36. The highest BCUT2D eigenvalue weighted by molar-refractivity contribution is 5.92. The standard InChI is InChI=1S/C23H29N5O5/c1-32-16-21(29)27-11-10-26-13-19(25-20(26)14-27)22(30)24-18-8-5-9-28(12-18)23(31)33-15-17-6-3-2-4-7-17/h2-4,6-7,13,18H,5,8-12,14-16H2,1H3,(H,24,30). The van der Waals surface area contributed by atoms with Crippen LogP contribution in [-0.4, -0.2) is 76.7 Å². The second kappa shape index (κ2) is 10.5. The molecule has 10 heteroatoms. The summed E-state index contributed by atoms with van der Waals surface area (Å²) < 4.78 is 12.2. The zero-order valence-electron chi connectivity index (χ0n) is 18.7. The average Bonchev–Trinajstić information content (AvgIpc) is 3.27. The fourth-order valence-corrected chi connectivity index (χ4v) is 4.12. The van der Waals surface area contributed by atoms with Gasteiger partial charge in [0.15, 0.2) is 0 Å². The quantitative estimate of drug-likeness (QED) is 0.706. The van der Waals surface area contributed by atoms with Crippen molar-refractivity contribution < 1.29 is 23.9 Å². The van der Waals surface area contributed by atoms with E-state index in [4.69, 9.17) is 9.47 Å². The van der Waals surface area contributed by atoms with Crippen LogP contribution in [0.5, 0.6) is 0 Å². The predicted molar refractivity (Wildman–Crippen MR) is 118 cm³/mol. The van der Waals surface area contributed by atoms with E-state index in [2.05, 4.69) is 10.3 Å². The monoisotopic (exact) mass is 455 g/mol. The molecule has 1 aromatic heterocycles. The molecule has 1 fully saturated rings. The van der Waals surface area contributed by atoms with Crippen molar-refractivity contribution in [3.05, 3.63) is 53.6 Å². The number of carbonyl (C=O) groups is 3. The Hall–Kier alpha value is -3.40. The lowest BCUT2D eigenvalue weighted by molar-refractivity contribution is -0.136. The molecule has 10 nitrogen and oxygen atoms in total. The molecule has 2 aliphatic heterocycles. The van der Waals surface area contributed by atoms with E-state index in [0.717, 1.165) is 18.4 Å². The molecule has 0 bridgehead atoms. The van der Waals surface area contributed by atoms with Gasteiger partial charge in [-0.05, 0) is 18.4 Å². The van der Waals surface area contributed by atoms with E-state index >= 15 is 0 Å². The molecule has 176 valence electrons. The van der Waals surface area contributed by atoms with Crippen LogP contribution in [0.1, 0.15) is 34.7 Å². The van der Waals surface area contributed by atoms with Gasteiger partial charge in [-0.3, -0.25) is 9.59 Å². The van der Waals surface area contributed by atoms with Crippen molar-refractivity contribution in [1.29, 1.82) is 0 Å². The third-order valence-electron chi connectivity index (χ3n) is 5.88. The Morgan fingerprint density at radius 1 is 1.12 bits per heavy atom. The van der Waals surface area contributed by atoms with E-state index in [1.165, 1.54) is 7.11 Å². The Morgan fingerprint density at radius 2 is 1.94 bits per heavy atom. The summed E-state index contributed by atoms with van der Waals surface area (Å²) in [6.45, 7) is 2.72. The molecule has 0 spiro atoms. The number of nitrogens with one attached hydrogen (secondary N) is 1. The first-order valence-electron chi connectivity index (χ1n) is 11.1. The molecule has 1 atom stereocenters. The lowest BCUT2D eigenvalue weighted by Gasteiger charge is -2.32. The number of methoxy groups -OCH3 is 1. The van der Waals surface area contributed by atoms with E-state index < -0.39 is 0 Å². The highest BCUT2D eigenvalue weighted by atomic mass is 16.6. The van der Waals surface area contributed by atoms with Gasteiger partial charge < -0.3 is 29.2 Å². The van der Waals surface area contributed by atoms with Crippen LogP contribution >= 0.6 is 0 Å². The number of imidazole rings is 1. The van der Waals surface area contributed by atoms with Crippen LogP contribution in [0.25, 0.3) is 0 Å². The first kappa shape index (κ1) is 22.8. The molecule has 1 N–H and O–H groups in total. The lowest BCUT2D eigenvalue weighted by Crippen LogP contribution is -2.49. The predicted octanol–water partition coefficient (Wildman–Crippen LogP) is 1.40. The minimum atomic E-state index is -0.379. The number of hydrogen-bond acceptors (Lipinski definition) is 6. The number of likely N-dealkylation sites (tertiary alicyclic amines) is 1. The lowest BCUT2D eigenvalue weighted by atomic mass is 10.1. The van der Waals surface area contributed by atoms with Gasteiger partial charge >= 0.3 is 6.09 Å². The molecule has 0 aliphatic carbocycles. The number of benzene rings is 1. The Balaban J connectivity index is 1.30. The van der Waals surface area contributed by atoms with Crippen molar-refractivity contribution >= 4 is 17.9 Å². The summed E-state index contributed by atoms with van der Waals surface area (Å²) >= 11 is 0. The minimum Gasteiger partial charge on any atom is -0.445 e. The van der Waals surface area contributed by atoms with Crippen LogP contribution in [0.4, 0.5) is 4.79 Å². The number of piperidine rings is 1. The largest absolute Gasteiger partial charge is 0.445 e. The Labute approximate surface area is 192 Å². The normalized spacial score (nSPS) is 17.9. The van der Waals surface area contributed by atoms with Crippen molar-refractivity contribution in [2.24, 2.45) is 0 Å². The fourth-order valence-electron chi connectivity index (χ4n) is 4.12. The number of carbonyl (C=O) groups excluding carboxylic acids is 3. The van der Waals surface area contributed by atoms with Crippen LogP contribution in [0.2, 0.25) is 0 Å². The molecule has 3 heterocycles. The zero-order valence-corrected chi connectivity index (χ0v) is 18.7. The Bertz CT molecular complexity index is 992. The summed E-state index contributed by atoms with van der Waals surface area (Å²) in [5, 5.41) is 2.99. The van der Waals surface area contributed by atoms with Gasteiger partial charge in [0.1, 0.15) is 24.7 Å². The number of amides is 3. The number of nitrogens with zero attached hydrogens (tertiary/aromatic N) is 4. The van der Waals surface area contributed by atoms with Crippen LogP contribution < -0.4 is 5.32 Å². The van der Waals surface area contributed by atoms with Crippen LogP contribution in [0, 0.1) is 0 Å². The van der Waals surface area contributed by atoms with E-state index in [1.54, 1.807) is 16.0 Å². The maximum absolute atomic E-state index is 12.8. The second-order valence-electron chi connectivity index (χ2n) is 8.28. The number of aromatic nitrogens is 2. The average molecular weight is 456 g/mol. The molecule has 2 aromatic rings. The van der Waals surface area contributed by atoms with E-state index in [1.807, 2.05) is 34.9 Å². The minimum absolute atomic E-state index is 0.0278. The first-order chi connectivity index (χ1) is 16.0. The second-order valence-corrected chi connectivity index (χ2v) is 8.28. The molecule has 33 heavy (non-hydrogen) atoms. The van der Waals surface area contributed by atoms with Gasteiger partial charge in [0.25, 0.3) is 5.91 Å². The summed E-state index contributed by atoms with van der Waals surface area (Å²) in [4.78, 5) is 45.1. The number of ether oxygens (including phenoxy) is 2. The third kappa shape index (κ3) is 5.70. The van der Waals surface area contributed by atoms with Crippen LogP contribution in [0.15, 0.2) is 36.5 Å². The van der Waals surface area contributed by atoms with Gasteiger partial charge in [-0.2, -0.15) is 0 Å². The maximum atomic E-state index is 12.8. The number of rotatable bonds is 6. The molecule has 0 radical (unpaired) electrons. The molecular weight excluding hydrogens is 426 g/mol. The molecule has 4 rings (SSSR count).